The molecule has 0 aromatic rings. The second kappa shape index (κ2) is 76.3. The maximum Gasteiger partial charge on any atom is 0.305 e. The first-order chi connectivity index (χ1) is 42.5. The number of aliphatic hydroxyl groups is 2. The largest absolute Gasteiger partial charge is 0.466 e. The van der Waals surface area contributed by atoms with E-state index in [2.05, 4.69) is 19.2 Å². The van der Waals surface area contributed by atoms with Crippen molar-refractivity contribution < 1.29 is 24.5 Å². The van der Waals surface area contributed by atoms with Gasteiger partial charge < -0.3 is 20.3 Å². The Morgan fingerprint density at radius 1 is 0.279 bits per heavy atom. The normalized spacial score (nSPS) is 12.4. The first-order valence-electron chi connectivity index (χ1n) is 40.3. The molecule has 1 amide bonds. The molecule has 2 atom stereocenters. The molecule has 514 valence electrons. The Morgan fingerprint density at radius 3 is 0.709 bits per heavy atom. The summed E-state index contributed by atoms with van der Waals surface area (Å²) in [6.07, 6.45) is 94.8. The van der Waals surface area contributed by atoms with Gasteiger partial charge in [-0.25, -0.2) is 0 Å². The maximum absolute atomic E-state index is 12.6. The third-order valence-electron chi connectivity index (χ3n) is 19.4. The Balaban J connectivity index is 3.32. The standard InChI is InChI=1S/C80H159NO5/c1-3-5-7-9-11-13-15-17-19-21-23-24-33-37-40-44-48-52-56-60-64-68-72-78(83)77(76-82)81-79(84)73-69-65-61-57-53-49-45-41-38-34-31-29-27-25-26-28-30-32-35-39-43-47-51-55-59-63-67-71-75-86-80(85)74-70-66-62-58-54-50-46-42-36-22-20-18-16-14-12-10-8-6-4-2/h77-78,82-83H,3-76H2,1-2H3,(H,81,84). The summed E-state index contributed by atoms with van der Waals surface area (Å²) in [5, 5.41) is 23.5. The number of hydrogen-bond acceptors (Lipinski definition) is 5. The Kier molecular flexibility index (Phi) is 75.3. The van der Waals surface area contributed by atoms with Gasteiger partial charge in [0.05, 0.1) is 25.4 Å². The molecular weight excluding hydrogens is 1050 g/mol. The van der Waals surface area contributed by atoms with Crippen LogP contribution in [0.3, 0.4) is 0 Å². The summed E-state index contributed by atoms with van der Waals surface area (Å²) in [4.78, 5) is 24.7. The molecule has 2 unspecified atom stereocenters. The molecule has 0 aliphatic heterocycles. The van der Waals surface area contributed by atoms with E-state index in [1.165, 1.54) is 405 Å². The van der Waals surface area contributed by atoms with Crippen molar-refractivity contribution in [2.75, 3.05) is 13.2 Å². The lowest BCUT2D eigenvalue weighted by atomic mass is 10.0. The summed E-state index contributed by atoms with van der Waals surface area (Å²) in [5.41, 5.74) is 0. The summed E-state index contributed by atoms with van der Waals surface area (Å²) < 4.78 is 5.52. The molecular formula is C80H159NO5. The Hall–Kier alpha value is -1.14. The Labute approximate surface area is 540 Å². The zero-order valence-corrected chi connectivity index (χ0v) is 59.1. The van der Waals surface area contributed by atoms with Gasteiger partial charge in [0.1, 0.15) is 0 Å². The van der Waals surface area contributed by atoms with Crippen LogP contribution in [0, 0.1) is 0 Å². The third kappa shape index (κ3) is 71.9. The highest BCUT2D eigenvalue weighted by molar-refractivity contribution is 5.76. The van der Waals surface area contributed by atoms with Crippen LogP contribution in [0.25, 0.3) is 0 Å². The summed E-state index contributed by atoms with van der Waals surface area (Å²) in [6, 6.07) is -0.539. The van der Waals surface area contributed by atoms with Crippen LogP contribution in [-0.2, 0) is 14.3 Å². The van der Waals surface area contributed by atoms with Gasteiger partial charge in [-0.05, 0) is 25.7 Å². The molecule has 3 N–H and O–H groups in total. The van der Waals surface area contributed by atoms with E-state index >= 15 is 0 Å². The van der Waals surface area contributed by atoms with Gasteiger partial charge in [0.15, 0.2) is 0 Å². The van der Waals surface area contributed by atoms with Crippen LogP contribution in [-0.4, -0.2) is 47.4 Å². The van der Waals surface area contributed by atoms with Crippen LogP contribution in [0.2, 0.25) is 0 Å². The number of rotatable bonds is 77. The first kappa shape index (κ1) is 84.9. The number of amides is 1. The molecule has 0 saturated carbocycles. The molecule has 6 nitrogen and oxygen atoms in total. The number of ether oxygens (including phenoxy) is 1. The lowest BCUT2D eigenvalue weighted by Crippen LogP contribution is -2.45. The number of nitrogens with one attached hydrogen (secondary N) is 1. The molecule has 0 saturated heterocycles. The summed E-state index contributed by atoms with van der Waals surface area (Å²) in [7, 11) is 0. The lowest BCUT2D eigenvalue weighted by Gasteiger charge is -2.22. The topological polar surface area (TPSA) is 95.9 Å². The number of carbonyl (C=O) groups excluding carboxylic acids is 2. The predicted molar refractivity (Wildman–Crippen MR) is 380 cm³/mol. The third-order valence-corrected chi connectivity index (χ3v) is 19.4. The SMILES string of the molecule is CCCCCCCCCCCCCCCCCCCCCCCCC(O)C(CO)NC(=O)CCCCCCCCCCCCCCCCCCCCCCCCCCCCCCOC(=O)CCCCCCCCCCCCCCCCCCCCC. The fourth-order valence-electron chi connectivity index (χ4n) is 13.3. The molecule has 0 aromatic carbocycles. The molecule has 0 rings (SSSR count). The number of unbranched alkanes of at least 4 members (excludes halogenated alkanes) is 66. The lowest BCUT2D eigenvalue weighted by molar-refractivity contribution is -0.143. The minimum atomic E-state index is -0.662. The second-order valence-electron chi connectivity index (χ2n) is 28.1. The van der Waals surface area contributed by atoms with Gasteiger partial charge in [-0.15, -0.1) is 0 Å². The van der Waals surface area contributed by atoms with E-state index in [0.29, 0.717) is 25.9 Å². The minimum absolute atomic E-state index is 0.0254. The van der Waals surface area contributed by atoms with Gasteiger partial charge in [-0.3, -0.25) is 9.59 Å². The average molecular weight is 1220 g/mol. The van der Waals surface area contributed by atoms with E-state index in [1.807, 2.05) is 0 Å². The van der Waals surface area contributed by atoms with E-state index in [0.717, 1.165) is 38.5 Å². The Morgan fingerprint density at radius 2 is 0.477 bits per heavy atom. The quantitative estimate of drug-likeness (QED) is 0.0417. The molecule has 86 heavy (non-hydrogen) atoms. The average Bonchev–Trinajstić information content (AvgIpc) is 3.53. The molecule has 0 radical (unpaired) electrons. The molecule has 0 aliphatic rings. The van der Waals surface area contributed by atoms with Gasteiger partial charge in [0, 0.05) is 12.8 Å². The van der Waals surface area contributed by atoms with Crippen LogP contribution in [0.4, 0.5) is 0 Å². The van der Waals surface area contributed by atoms with Crippen molar-refractivity contribution in [3.8, 4) is 0 Å². The molecule has 0 aliphatic carbocycles. The summed E-state index contributed by atoms with van der Waals surface area (Å²) in [6.45, 7) is 5.02. The molecule has 6 heteroatoms. The molecule has 0 aromatic heterocycles. The van der Waals surface area contributed by atoms with Crippen molar-refractivity contribution in [3.63, 3.8) is 0 Å². The van der Waals surface area contributed by atoms with Crippen LogP contribution >= 0.6 is 0 Å². The van der Waals surface area contributed by atoms with Gasteiger partial charge in [-0.2, -0.15) is 0 Å². The van der Waals surface area contributed by atoms with Gasteiger partial charge in [0.25, 0.3) is 0 Å². The fraction of sp³-hybridized carbons (Fsp3) is 0.975. The van der Waals surface area contributed by atoms with Crippen LogP contribution in [0.1, 0.15) is 476 Å². The minimum Gasteiger partial charge on any atom is -0.466 e. The van der Waals surface area contributed by atoms with E-state index in [4.69, 9.17) is 4.74 Å². The van der Waals surface area contributed by atoms with Crippen molar-refractivity contribution in [2.24, 2.45) is 0 Å². The maximum atomic E-state index is 12.6. The molecule has 0 heterocycles. The molecule has 0 fully saturated rings. The highest BCUT2D eigenvalue weighted by atomic mass is 16.5. The fourth-order valence-corrected chi connectivity index (χ4v) is 13.3. The van der Waals surface area contributed by atoms with Crippen molar-refractivity contribution in [1.82, 2.24) is 5.32 Å². The van der Waals surface area contributed by atoms with Crippen LogP contribution in [0.15, 0.2) is 0 Å². The van der Waals surface area contributed by atoms with Crippen molar-refractivity contribution in [2.45, 2.75) is 488 Å². The van der Waals surface area contributed by atoms with Crippen molar-refractivity contribution in [1.29, 1.82) is 0 Å². The number of aliphatic hydroxyl groups excluding tert-OH is 2. The van der Waals surface area contributed by atoms with E-state index in [9.17, 15) is 19.8 Å². The van der Waals surface area contributed by atoms with E-state index in [-0.39, 0.29) is 18.5 Å². The Bertz CT molecular complexity index is 1260. The van der Waals surface area contributed by atoms with Gasteiger partial charge >= 0.3 is 5.97 Å². The van der Waals surface area contributed by atoms with Gasteiger partial charge in [0.2, 0.25) is 5.91 Å². The van der Waals surface area contributed by atoms with Crippen molar-refractivity contribution >= 4 is 11.9 Å². The molecule has 0 spiro atoms. The zero-order valence-electron chi connectivity index (χ0n) is 59.1. The predicted octanol–water partition coefficient (Wildman–Crippen LogP) is 26.5. The first-order valence-corrected chi connectivity index (χ1v) is 40.3. The number of hydrogen-bond donors (Lipinski definition) is 3. The number of esters is 1. The van der Waals surface area contributed by atoms with Crippen LogP contribution in [0.5, 0.6) is 0 Å². The van der Waals surface area contributed by atoms with Crippen molar-refractivity contribution in [3.05, 3.63) is 0 Å². The highest BCUT2D eigenvalue weighted by Gasteiger charge is 2.20. The zero-order chi connectivity index (χ0) is 62.0. The summed E-state index contributed by atoms with van der Waals surface area (Å²) in [5.74, 6) is -0.0000285. The van der Waals surface area contributed by atoms with Crippen LogP contribution < -0.4 is 5.32 Å². The highest BCUT2D eigenvalue weighted by Crippen LogP contribution is 2.21. The van der Waals surface area contributed by atoms with E-state index < -0.39 is 12.1 Å². The summed E-state index contributed by atoms with van der Waals surface area (Å²) >= 11 is 0. The number of carbonyl (C=O) groups is 2. The monoisotopic (exact) mass is 1210 g/mol. The molecule has 0 bridgehead atoms. The van der Waals surface area contributed by atoms with E-state index in [1.54, 1.807) is 0 Å². The second-order valence-corrected chi connectivity index (χ2v) is 28.1. The smallest absolute Gasteiger partial charge is 0.305 e. The van der Waals surface area contributed by atoms with Gasteiger partial charge in [-0.1, -0.05) is 438 Å².